The van der Waals surface area contributed by atoms with Crippen LogP contribution in [-0.4, -0.2) is 21.8 Å². The summed E-state index contributed by atoms with van der Waals surface area (Å²) in [4.78, 5) is 57.7. The van der Waals surface area contributed by atoms with Gasteiger partial charge in [-0.05, 0) is 61.4 Å². The zero-order valence-electron chi connectivity index (χ0n) is 24.4. The van der Waals surface area contributed by atoms with Gasteiger partial charge in [0.1, 0.15) is 0 Å². The van der Waals surface area contributed by atoms with Crippen LogP contribution in [0.4, 0.5) is 11.4 Å². The molecule has 0 saturated heterocycles. The predicted octanol–water partition coefficient (Wildman–Crippen LogP) is 7.37. The number of para-hydroxylation sites is 4. The smallest absolute Gasteiger partial charge is 0.224 e. The van der Waals surface area contributed by atoms with Crippen molar-refractivity contribution < 1.29 is 9.59 Å². The minimum atomic E-state index is -0.0778. The molecule has 0 aliphatic carbocycles. The number of fused-ring (bicyclic) bond motifs is 4. The first-order valence-electron chi connectivity index (χ1n) is 15.2. The Morgan fingerprint density at radius 3 is 1.32 bits per heavy atom. The van der Waals surface area contributed by atoms with Crippen molar-refractivity contribution in [2.24, 2.45) is 0 Å². The van der Waals surface area contributed by atoms with Crippen LogP contribution in [0.1, 0.15) is 51.4 Å². The normalized spacial score (nSPS) is 11.4. The number of pyridine rings is 2. The Balaban J connectivity index is 0.929. The van der Waals surface area contributed by atoms with Gasteiger partial charge in [-0.1, -0.05) is 62.1 Å². The maximum Gasteiger partial charge on any atom is 0.224 e. The minimum Gasteiger partial charge on any atom is -0.353 e. The average Bonchev–Trinajstić information content (AvgIpc) is 3.03. The van der Waals surface area contributed by atoms with Gasteiger partial charge in [0.25, 0.3) is 0 Å². The van der Waals surface area contributed by atoms with Crippen LogP contribution in [0.15, 0.2) is 94.5 Å². The fraction of sp³-hybridized carbons (Fsp3) is 0.222. The fourth-order valence-electron chi connectivity index (χ4n) is 5.80. The maximum atomic E-state index is 12.9. The SMILES string of the molecule is O=C(CCCCCCCCC(=O)Nc1cccc2c(=O)c3ccccc3[nH]c12)Nc1cccc2c(=O)c3ccccc3[nH]c12. The van der Waals surface area contributed by atoms with Crippen molar-refractivity contribution in [1.29, 1.82) is 0 Å². The van der Waals surface area contributed by atoms with Crippen LogP contribution < -0.4 is 21.5 Å². The van der Waals surface area contributed by atoms with Gasteiger partial charge in [0.2, 0.25) is 11.8 Å². The molecule has 222 valence electrons. The summed E-state index contributed by atoms with van der Waals surface area (Å²) in [5.41, 5.74) is 3.86. The highest BCUT2D eigenvalue weighted by Gasteiger charge is 2.12. The van der Waals surface area contributed by atoms with Crippen LogP contribution in [0.25, 0.3) is 43.6 Å². The highest BCUT2D eigenvalue weighted by Crippen LogP contribution is 2.24. The second-order valence-electron chi connectivity index (χ2n) is 11.2. The molecular weight excluding hydrogens is 552 g/mol. The number of nitrogens with one attached hydrogen (secondary N) is 4. The number of benzene rings is 4. The van der Waals surface area contributed by atoms with Crippen molar-refractivity contribution in [3.63, 3.8) is 0 Å². The first-order valence-corrected chi connectivity index (χ1v) is 15.2. The molecule has 6 aromatic rings. The largest absolute Gasteiger partial charge is 0.353 e. The summed E-state index contributed by atoms with van der Waals surface area (Å²) in [6, 6.07) is 25.5. The molecule has 4 N–H and O–H groups in total. The van der Waals surface area contributed by atoms with Crippen molar-refractivity contribution in [3.05, 3.63) is 105 Å². The summed E-state index contributed by atoms with van der Waals surface area (Å²) in [5, 5.41) is 8.29. The molecule has 2 aromatic heterocycles. The number of carbonyl (C=O) groups is 2. The highest BCUT2D eigenvalue weighted by molar-refractivity contribution is 6.04. The number of unbranched alkanes of at least 4 members (excludes halogenated alkanes) is 5. The Kier molecular flexibility index (Phi) is 8.50. The van der Waals surface area contributed by atoms with Crippen LogP contribution in [-0.2, 0) is 9.59 Å². The minimum absolute atomic E-state index is 0.0541. The molecule has 0 aliphatic heterocycles. The monoisotopic (exact) mass is 586 g/mol. The number of anilines is 2. The summed E-state index contributed by atoms with van der Waals surface area (Å²) >= 11 is 0. The van der Waals surface area contributed by atoms with Gasteiger partial charge in [0.15, 0.2) is 10.9 Å². The molecular formula is C36H34N4O4. The van der Waals surface area contributed by atoms with Gasteiger partial charge in [-0.15, -0.1) is 0 Å². The first kappa shape index (κ1) is 28.9. The maximum absolute atomic E-state index is 12.9. The van der Waals surface area contributed by atoms with Gasteiger partial charge in [0, 0.05) is 45.4 Å². The summed E-state index contributed by atoms with van der Waals surface area (Å²) in [6.07, 6.45) is 6.16. The van der Waals surface area contributed by atoms with Crippen LogP contribution in [0.2, 0.25) is 0 Å². The lowest BCUT2D eigenvalue weighted by atomic mass is 10.1. The van der Waals surface area contributed by atoms with Crippen molar-refractivity contribution >= 4 is 66.8 Å². The molecule has 0 bridgehead atoms. The average molecular weight is 587 g/mol. The van der Waals surface area contributed by atoms with Crippen molar-refractivity contribution in [2.75, 3.05) is 10.6 Å². The molecule has 8 nitrogen and oxygen atoms in total. The van der Waals surface area contributed by atoms with Crippen LogP contribution >= 0.6 is 0 Å². The molecule has 4 aromatic carbocycles. The molecule has 0 atom stereocenters. The van der Waals surface area contributed by atoms with Gasteiger partial charge in [0.05, 0.1) is 22.4 Å². The lowest BCUT2D eigenvalue weighted by Gasteiger charge is -2.10. The third-order valence-corrected chi connectivity index (χ3v) is 8.09. The van der Waals surface area contributed by atoms with Gasteiger partial charge >= 0.3 is 0 Å². The molecule has 0 spiro atoms. The van der Waals surface area contributed by atoms with Crippen molar-refractivity contribution in [3.8, 4) is 0 Å². The zero-order chi connectivity index (χ0) is 30.5. The predicted molar refractivity (Wildman–Crippen MR) is 178 cm³/mol. The van der Waals surface area contributed by atoms with E-state index in [-0.39, 0.29) is 22.7 Å². The van der Waals surface area contributed by atoms with Gasteiger partial charge in [-0.25, -0.2) is 0 Å². The van der Waals surface area contributed by atoms with E-state index in [2.05, 4.69) is 20.6 Å². The molecule has 0 radical (unpaired) electrons. The zero-order valence-corrected chi connectivity index (χ0v) is 24.4. The van der Waals surface area contributed by atoms with E-state index in [9.17, 15) is 19.2 Å². The number of rotatable bonds is 11. The summed E-state index contributed by atoms with van der Waals surface area (Å²) < 4.78 is 0. The molecule has 8 heteroatoms. The molecule has 0 unspecified atom stereocenters. The van der Waals surface area contributed by atoms with E-state index in [1.54, 1.807) is 36.4 Å². The lowest BCUT2D eigenvalue weighted by molar-refractivity contribution is -0.117. The lowest BCUT2D eigenvalue weighted by Crippen LogP contribution is -2.13. The van der Waals surface area contributed by atoms with Gasteiger partial charge in [-0.3, -0.25) is 19.2 Å². The Morgan fingerprint density at radius 2 is 0.864 bits per heavy atom. The summed E-state index contributed by atoms with van der Waals surface area (Å²) in [5.74, 6) is -0.156. The van der Waals surface area contributed by atoms with Crippen molar-refractivity contribution in [2.45, 2.75) is 51.4 Å². The van der Waals surface area contributed by atoms with Crippen LogP contribution in [0.5, 0.6) is 0 Å². The Bertz CT molecular complexity index is 1980. The first-order chi connectivity index (χ1) is 21.5. The van der Waals surface area contributed by atoms with Gasteiger partial charge < -0.3 is 20.6 Å². The molecule has 6 rings (SSSR count). The number of hydrogen-bond acceptors (Lipinski definition) is 4. The molecule has 0 saturated carbocycles. The number of amides is 2. The molecule has 2 heterocycles. The van der Waals surface area contributed by atoms with E-state index < -0.39 is 0 Å². The molecule has 0 fully saturated rings. The van der Waals surface area contributed by atoms with Crippen LogP contribution in [0, 0.1) is 0 Å². The quantitative estimate of drug-likeness (QED) is 0.0934. The molecule has 2 amide bonds. The van der Waals surface area contributed by atoms with Crippen molar-refractivity contribution in [1.82, 2.24) is 9.97 Å². The third-order valence-electron chi connectivity index (χ3n) is 8.09. The summed E-state index contributed by atoms with van der Waals surface area (Å²) in [6.45, 7) is 0. The number of aromatic nitrogens is 2. The Morgan fingerprint density at radius 1 is 0.477 bits per heavy atom. The topological polar surface area (TPSA) is 124 Å². The Hall–Kier alpha value is -5.24. The van der Waals surface area contributed by atoms with E-state index in [0.29, 0.717) is 56.8 Å². The number of aromatic amines is 2. The van der Waals surface area contributed by atoms with E-state index in [1.807, 2.05) is 48.5 Å². The van der Waals surface area contributed by atoms with E-state index in [4.69, 9.17) is 0 Å². The standard InChI is InChI=1S/C36H34N4O4/c41-31(37-29-19-11-15-25-33(29)39-27-17-9-7-13-23(27)35(25)43)21-5-3-1-2-4-6-22-32(42)38-30-20-12-16-26-34(30)40-28-18-10-8-14-24(28)36(26)44/h7-20H,1-6,21-22H2,(H,37,41)(H,38,42)(H,39,43)(H,40,44). The highest BCUT2D eigenvalue weighted by atomic mass is 16.2. The molecule has 44 heavy (non-hydrogen) atoms. The second-order valence-corrected chi connectivity index (χ2v) is 11.2. The number of carbonyl (C=O) groups excluding carboxylic acids is 2. The van der Waals surface area contributed by atoms with Crippen LogP contribution in [0.3, 0.4) is 0 Å². The summed E-state index contributed by atoms with van der Waals surface area (Å²) in [7, 11) is 0. The molecule has 0 aliphatic rings. The third kappa shape index (κ3) is 6.10. The van der Waals surface area contributed by atoms with E-state index in [0.717, 1.165) is 49.6 Å². The Labute approximate surface area is 253 Å². The fourth-order valence-corrected chi connectivity index (χ4v) is 5.80. The number of H-pyrrole nitrogens is 2. The van der Waals surface area contributed by atoms with E-state index in [1.165, 1.54) is 0 Å². The second kappa shape index (κ2) is 13.0. The van der Waals surface area contributed by atoms with Gasteiger partial charge in [-0.2, -0.15) is 0 Å². The number of hydrogen-bond donors (Lipinski definition) is 4. The van der Waals surface area contributed by atoms with E-state index >= 15 is 0 Å².